The molecule has 3 rings (SSSR count). The Labute approximate surface area is 155 Å². The summed E-state index contributed by atoms with van der Waals surface area (Å²) < 4.78 is 10.7. The topological polar surface area (TPSA) is 59.1 Å². The summed E-state index contributed by atoms with van der Waals surface area (Å²) >= 11 is 0. The fraction of sp³-hybridized carbons (Fsp3) is 0.600. The van der Waals surface area contributed by atoms with E-state index in [1.165, 1.54) is 0 Å². The Hall–Kier alpha value is -2.08. The number of hydrogen-bond acceptors (Lipinski definition) is 5. The van der Waals surface area contributed by atoms with Gasteiger partial charge in [0.1, 0.15) is 0 Å². The highest BCUT2D eigenvalue weighted by molar-refractivity contribution is 5.97. The first-order valence-electron chi connectivity index (χ1n) is 9.41. The van der Waals surface area contributed by atoms with Crippen LogP contribution in [0.15, 0.2) is 24.3 Å². The largest absolute Gasteiger partial charge is 0.452 e. The van der Waals surface area contributed by atoms with Gasteiger partial charge in [0.05, 0.1) is 24.5 Å². The number of anilines is 1. The monoisotopic (exact) mass is 360 g/mol. The number of carbonyl (C=O) groups excluding carboxylic acids is 2. The van der Waals surface area contributed by atoms with E-state index in [0.29, 0.717) is 30.6 Å². The highest BCUT2D eigenvalue weighted by atomic mass is 16.5. The number of piperidine rings is 1. The molecule has 6 nitrogen and oxygen atoms in total. The second-order valence-corrected chi connectivity index (χ2v) is 7.44. The summed E-state index contributed by atoms with van der Waals surface area (Å²) in [6.07, 6.45) is 1.14. The molecule has 0 unspecified atom stereocenters. The number of para-hydroxylation sites is 1. The van der Waals surface area contributed by atoms with Crippen LogP contribution in [0.3, 0.4) is 0 Å². The van der Waals surface area contributed by atoms with Crippen LogP contribution in [0.5, 0.6) is 0 Å². The molecule has 2 heterocycles. The summed E-state index contributed by atoms with van der Waals surface area (Å²) in [5.74, 6) is 0.417. The normalized spacial score (nSPS) is 23.6. The molecule has 2 saturated heterocycles. The van der Waals surface area contributed by atoms with E-state index < -0.39 is 5.97 Å². The average Bonchev–Trinajstić information content (AvgIpc) is 2.65. The van der Waals surface area contributed by atoms with Gasteiger partial charge in [-0.2, -0.15) is 0 Å². The van der Waals surface area contributed by atoms with E-state index in [4.69, 9.17) is 9.47 Å². The van der Waals surface area contributed by atoms with Crippen molar-refractivity contribution in [2.45, 2.75) is 20.3 Å². The van der Waals surface area contributed by atoms with E-state index in [1.54, 1.807) is 6.07 Å². The van der Waals surface area contributed by atoms with Gasteiger partial charge < -0.3 is 19.3 Å². The Morgan fingerprint density at radius 3 is 2.46 bits per heavy atom. The number of likely N-dealkylation sites (tertiary alicyclic amines) is 1. The summed E-state index contributed by atoms with van der Waals surface area (Å²) in [6, 6.07) is 7.39. The lowest BCUT2D eigenvalue weighted by Crippen LogP contribution is -2.44. The van der Waals surface area contributed by atoms with Gasteiger partial charge in [0.15, 0.2) is 6.61 Å². The molecule has 0 N–H and O–H groups in total. The molecular formula is C20H28N2O4. The minimum Gasteiger partial charge on any atom is -0.452 e. The van der Waals surface area contributed by atoms with Gasteiger partial charge in [-0.05, 0) is 30.4 Å². The molecule has 0 radical (unpaired) electrons. The minimum absolute atomic E-state index is 0.111. The molecule has 26 heavy (non-hydrogen) atoms. The molecular weight excluding hydrogens is 332 g/mol. The van der Waals surface area contributed by atoms with Crippen molar-refractivity contribution in [3.8, 4) is 0 Å². The highest BCUT2D eigenvalue weighted by Gasteiger charge is 2.26. The second-order valence-electron chi connectivity index (χ2n) is 7.44. The number of amides is 1. The molecule has 2 atom stereocenters. The Bertz CT molecular complexity index is 632. The fourth-order valence-corrected chi connectivity index (χ4v) is 3.89. The molecule has 0 spiro atoms. The predicted molar refractivity (Wildman–Crippen MR) is 99.3 cm³/mol. The van der Waals surface area contributed by atoms with Crippen LogP contribution in [0.1, 0.15) is 30.6 Å². The smallest absolute Gasteiger partial charge is 0.340 e. The van der Waals surface area contributed by atoms with E-state index >= 15 is 0 Å². The zero-order valence-corrected chi connectivity index (χ0v) is 15.6. The number of carbonyl (C=O) groups is 2. The Morgan fingerprint density at radius 2 is 1.77 bits per heavy atom. The Morgan fingerprint density at radius 1 is 1.12 bits per heavy atom. The molecule has 2 fully saturated rings. The van der Waals surface area contributed by atoms with Crippen LogP contribution in [0, 0.1) is 11.8 Å². The third-order valence-corrected chi connectivity index (χ3v) is 5.02. The van der Waals surface area contributed by atoms with E-state index in [2.05, 4.69) is 18.7 Å². The van der Waals surface area contributed by atoms with Gasteiger partial charge in [0.2, 0.25) is 0 Å². The molecule has 2 aliphatic rings. The molecule has 1 amide bonds. The van der Waals surface area contributed by atoms with Crippen LogP contribution >= 0.6 is 0 Å². The zero-order valence-electron chi connectivity index (χ0n) is 15.6. The van der Waals surface area contributed by atoms with Gasteiger partial charge in [0, 0.05) is 26.2 Å². The van der Waals surface area contributed by atoms with Crippen molar-refractivity contribution >= 4 is 17.6 Å². The minimum atomic E-state index is -0.446. The van der Waals surface area contributed by atoms with Crippen molar-refractivity contribution in [2.24, 2.45) is 11.8 Å². The third kappa shape index (κ3) is 4.55. The van der Waals surface area contributed by atoms with Crippen LogP contribution < -0.4 is 4.90 Å². The van der Waals surface area contributed by atoms with Crippen molar-refractivity contribution in [1.29, 1.82) is 0 Å². The molecule has 0 saturated carbocycles. The Balaban J connectivity index is 1.61. The van der Waals surface area contributed by atoms with E-state index in [9.17, 15) is 9.59 Å². The van der Waals surface area contributed by atoms with Crippen LogP contribution in [0.4, 0.5) is 5.69 Å². The maximum absolute atomic E-state index is 12.6. The summed E-state index contributed by atoms with van der Waals surface area (Å²) in [6.45, 7) is 8.37. The first kappa shape index (κ1) is 18.7. The van der Waals surface area contributed by atoms with Crippen LogP contribution in [-0.2, 0) is 14.3 Å². The van der Waals surface area contributed by atoms with Gasteiger partial charge in [-0.3, -0.25) is 4.79 Å². The van der Waals surface area contributed by atoms with Crippen LogP contribution in [0.2, 0.25) is 0 Å². The molecule has 6 heteroatoms. The number of nitrogens with zero attached hydrogens (tertiary/aromatic N) is 2. The highest BCUT2D eigenvalue weighted by Crippen LogP contribution is 2.23. The zero-order chi connectivity index (χ0) is 18.5. The maximum atomic E-state index is 12.6. The molecule has 1 aromatic rings. The maximum Gasteiger partial charge on any atom is 0.340 e. The number of hydrogen-bond donors (Lipinski definition) is 0. The van der Waals surface area contributed by atoms with Gasteiger partial charge >= 0.3 is 5.97 Å². The van der Waals surface area contributed by atoms with Crippen molar-refractivity contribution in [1.82, 2.24) is 4.90 Å². The van der Waals surface area contributed by atoms with Gasteiger partial charge in [-0.25, -0.2) is 4.79 Å². The van der Waals surface area contributed by atoms with Crippen LogP contribution in [0.25, 0.3) is 0 Å². The molecule has 0 aromatic heterocycles. The summed E-state index contributed by atoms with van der Waals surface area (Å²) in [5.41, 5.74) is 1.34. The van der Waals surface area contributed by atoms with E-state index in [0.717, 1.165) is 38.3 Å². The standard InChI is InChI=1S/C20H28N2O4/c1-15-11-16(2)13-22(12-15)19(23)14-26-20(24)17-5-3-4-6-18(17)21-7-9-25-10-8-21/h3-6,15-16H,7-14H2,1-2H3/t15-,16-/m1/s1. The van der Waals surface area contributed by atoms with Gasteiger partial charge in [-0.15, -0.1) is 0 Å². The lowest BCUT2D eigenvalue weighted by atomic mass is 9.92. The third-order valence-electron chi connectivity index (χ3n) is 5.02. The second kappa shape index (κ2) is 8.54. The van der Waals surface area contributed by atoms with Crippen molar-refractivity contribution < 1.29 is 19.1 Å². The predicted octanol–water partition coefficient (Wildman–Crippen LogP) is 2.18. The Kier molecular flexibility index (Phi) is 6.14. The van der Waals surface area contributed by atoms with Crippen molar-refractivity contribution in [3.05, 3.63) is 29.8 Å². The molecule has 1 aromatic carbocycles. The molecule has 0 bridgehead atoms. The van der Waals surface area contributed by atoms with Crippen molar-refractivity contribution in [2.75, 3.05) is 50.9 Å². The van der Waals surface area contributed by atoms with E-state index in [1.807, 2.05) is 23.1 Å². The van der Waals surface area contributed by atoms with Gasteiger partial charge in [0.25, 0.3) is 5.91 Å². The summed E-state index contributed by atoms with van der Waals surface area (Å²) in [7, 11) is 0. The molecule has 0 aliphatic carbocycles. The van der Waals surface area contributed by atoms with Gasteiger partial charge in [-0.1, -0.05) is 26.0 Å². The first-order chi connectivity index (χ1) is 12.5. The lowest BCUT2D eigenvalue weighted by molar-refractivity contribution is -0.137. The van der Waals surface area contributed by atoms with Crippen molar-refractivity contribution in [3.63, 3.8) is 0 Å². The fourth-order valence-electron chi connectivity index (χ4n) is 3.89. The lowest BCUT2D eigenvalue weighted by Gasteiger charge is -2.34. The SMILES string of the molecule is C[C@@H]1C[C@@H](C)CN(C(=O)COC(=O)c2ccccc2N2CCOCC2)C1. The summed E-state index contributed by atoms with van der Waals surface area (Å²) in [4.78, 5) is 28.9. The van der Waals surface area contributed by atoms with Crippen LogP contribution in [-0.4, -0.2) is 62.8 Å². The number of esters is 1. The number of morpholine rings is 1. The number of rotatable bonds is 4. The van der Waals surface area contributed by atoms with E-state index in [-0.39, 0.29) is 12.5 Å². The average molecular weight is 360 g/mol. The summed E-state index contributed by atoms with van der Waals surface area (Å²) in [5, 5.41) is 0. The molecule has 2 aliphatic heterocycles. The molecule has 142 valence electrons. The first-order valence-corrected chi connectivity index (χ1v) is 9.41. The number of ether oxygens (including phenoxy) is 2. The number of benzene rings is 1. The quantitative estimate of drug-likeness (QED) is 0.771.